The van der Waals surface area contributed by atoms with Crippen LogP contribution in [0, 0.1) is 0 Å². The Kier molecular flexibility index (Phi) is 6.12. The number of nitrogens with one attached hydrogen (secondary N) is 3. The molecule has 0 fully saturated rings. The van der Waals surface area contributed by atoms with Gasteiger partial charge in [0.1, 0.15) is 5.01 Å². The molecule has 146 valence electrons. The molecule has 3 rings (SSSR count). The lowest BCUT2D eigenvalue weighted by Crippen LogP contribution is -2.19. The third-order valence-corrected chi connectivity index (χ3v) is 6.20. The summed E-state index contributed by atoms with van der Waals surface area (Å²) >= 11 is 7.05. The second kappa shape index (κ2) is 8.55. The minimum Gasteiger partial charge on any atom is -0.308 e. The molecule has 8 nitrogen and oxygen atoms in total. The zero-order chi connectivity index (χ0) is 20.1. The number of anilines is 3. The van der Waals surface area contributed by atoms with Crippen LogP contribution >= 0.6 is 22.9 Å². The molecule has 0 saturated carbocycles. The first-order chi connectivity index (χ1) is 13.4. The van der Waals surface area contributed by atoms with E-state index in [-0.39, 0.29) is 10.0 Å². The van der Waals surface area contributed by atoms with Crippen molar-refractivity contribution in [1.82, 2.24) is 10.2 Å². The Labute approximate surface area is 171 Å². The molecule has 0 aliphatic carbocycles. The normalized spacial score (nSPS) is 11.1. The van der Waals surface area contributed by atoms with Gasteiger partial charge in [-0.1, -0.05) is 35.9 Å². The highest BCUT2D eigenvalue weighted by Gasteiger charge is 2.17. The Balaban J connectivity index is 1.64. The Morgan fingerprint density at radius 2 is 1.79 bits per heavy atom. The largest absolute Gasteiger partial charge is 0.323 e. The standard InChI is InChI=1S/C17H16ClN5O3S2/c1-2-15-21-22-17(27-15)23-28(25,26)14-8-6-12(7-9-14)19-16(24)20-13-5-3-4-11(18)10-13/h3-10H,2H2,1H3,(H,22,23)(H2,19,20,24). The van der Waals surface area contributed by atoms with Gasteiger partial charge in [-0.15, -0.1) is 10.2 Å². The summed E-state index contributed by atoms with van der Waals surface area (Å²) in [6.07, 6.45) is 0.678. The van der Waals surface area contributed by atoms with Crippen molar-refractivity contribution in [2.24, 2.45) is 0 Å². The number of aryl methyl sites for hydroxylation is 1. The summed E-state index contributed by atoms with van der Waals surface area (Å²) in [4.78, 5) is 12.1. The second-order valence-corrected chi connectivity index (χ2v) is 8.75. The molecular formula is C17H16ClN5O3S2. The monoisotopic (exact) mass is 437 g/mol. The van der Waals surface area contributed by atoms with E-state index >= 15 is 0 Å². The molecule has 2 amide bonds. The fourth-order valence-electron chi connectivity index (χ4n) is 2.19. The lowest BCUT2D eigenvalue weighted by Gasteiger charge is -2.09. The summed E-state index contributed by atoms with van der Waals surface area (Å²) in [6.45, 7) is 1.91. The fraction of sp³-hybridized carbons (Fsp3) is 0.118. The molecule has 28 heavy (non-hydrogen) atoms. The minimum absolute atomic E-state index is 0.0431. The van der Waals surface area contributed by atoms with Gasteiger partial charge in [-0.3, -0.25) is 4.72 Å². The first kappa shape index (κ1) is 20.1. The van der Waals surface area contributed by atoms with Crippen molar-refractivity contribution in [2.75, 3.05) is 15.4 Å². The second-order valence-electron chi connectivity index (χ2n) is 5.57. The van der Waals surface area contributed by atoms with E-state index in [1.165, 1.54) is 35.6 Å². The fourth-order valence-corrected chi connectivity index (χ4v) is 4.29. The molecule has 0 bridgehead atoms. The Bertz CT molecular complexity index is 1080. The van der Waals surface area contributed by atoms with Crippen molar-refractivity contribution in [2.45, 2.75) is 18.2 Å². The molecule has 11 heteroatoms. The number of carbonyl (C=O) groups is 1. The molecule has 0 spiro atoms. The van der Waals surface area contributed by atoms with Crippen LogP contribution in [0.2, 0.25) is 5.02 Å². The van der Waals surface area contributed by atoms with Crippen molar-refractivity contribution in [3.63, 3.8) is 0 Å². The van der Waals surface area contributed by atoms with E-state index in [0.29, 0.717) is 22.8 Å². The highest BCUT2D eigenvalue weighted by Crippen LogP contribution is 2.21. The minimum atomic E-state index is -3.79. The van der Waals surface area contributed by atoms with Crippen LogP contribution in [0.5, 0.6) is 0 Å². The number of hydrogen-bond acceptors (Lipinski definition) is 6. The molecule has 0 aliphatic rings. The predicted molar refractivity (Wildman–Crippen MR) is 111 cm³/mol. The number of benzene rings is 2. The molecular weight excluding hydrogens is 422 g/mol. The molecule has 0 radical (unpaired) electrons. The number of rotatable bonds is 6. The van der Waals surface area contributed by atoms with Gasteiger partial charge in [-0.2, -0.15) is 0 Å². The molecule has 2 aromatic carbocycles. The first-order valence-electron chi connectivity index (χ1n) is 8.14. The van der Waals surface area contributed by atoms with Gasteiger partial charge in [0.05, 0.1) is 4.90 Å². The summed E-state index contributed by atoms with van der Waals surface area (Å²) in [5, 5.41) is 14.4. The summed E-state index contributed by atoms with van der Waals surface area (Å²) in [6, 6.07) is 12.0. The predicted octanol–water partition coefficient (Wildman–Crippen LogP) is 4.20. The maximum Gasteiger partial charge on any atom is 0.323 e. The van der Waals surface area contributed by atoms with E-state index < -0.39 is 16.1 Å². The van der Waals surface area contributed by atoms with Crippen LogP contribution in [-0.2, 0) is 16.4 Å². The number of aromatic nitrogens is 2. The topological polar surface area (TPSA) is 113 Å². The molecule has 0 saturated heterocycles. The van der Waals surface area contributed by atoms with E-state index in [2.05, 4.69) is 25.6 Å². The molecule has 1 heterocycles. The summed E-state index contributed by atoms with van der Waals surface area (Å²) < 4.78 is 27.2. The Morgan fingerprint density at radius 3 is 2.43 bits per heavy atom. The number of urea groups is 1. The van der Waals surface area contributed by atoms with Gasteiger partial charge < -0.3 is 10.6 Å². The highest BCUT2D eigenvalue weighted by atomic mass is 35.5. The van der Waals surface area contributed by atoms with Crippen LogP contribution in [0.25, 0.3) is 0 Å². The van der Waals surface area contributed by atoms with Gasteiger partial charge in [0.25, 0.3) is 10.0 Å². The van der Waals surface area contributed by atoms with Crippen molar-refractivity contribution >= 4 is 55.5 Å². The van der Waals surface area contributed by atoms with Gasteiger partial charge >= 0.3 is 6.03 Å². The van der Waals surface area contributed by atoms with E-state index in [9.17, 15) is 13.2 Å². The molecule has 0 aliphatic heterocycles. The first-order valence-corrected chi connectivity index (χ1v) is 10.8. The van der Waals surface area contributed by atoms with E-state index in [1.807, 2.05) is 6.92 Å². The SMILES string of the molecule is CCc1nnc(NS(=O)(=O)c2ccc(NC(=O)Nc3cccc(Cl)c3)cc2)s1. The van der Waals surface area contributed by atoms with Crippen molar-refractivity contribution in [1.29, 1.82) is 0 Å². The Hall–Kier alpha value is -2.69. The quantitative estimate of drug-likeness (QED) is 0.534. The van der Waals surface area contributed by atoms with Crippen molar-refractivity contribution < 1.29 is 13.2 Å². The lowest BCUT2D eigenvalue weighted by molar-refractivity contribution is 0.262. The smallest absolute Gasteiger partial charge is 0.308 e. The van der Waals surface area contributed by atoms with Gasteiger partial charge in [-0.05, 0) is 48.9 Å². The van der Waals surface area contributed by atoms with E-state index in [4.69, 9.17) is 11.6 Å². The van der Waals surface area contributed by atoms with E-state index in [0.717, 1.165) is 5.01 Å². The van der Waals surface area contributed by atoms with Crippen LogP contribution in [0.15, 0.2) is 53.4 Å². The number of halogens is 1. The molecule has 0 unspecified atom stereocenters. The van der Waals surface area contributed by atoms with Crippen LogP contribution in [0.1, 0.15) is 11.9 Å². The van der Waals surface area contributed by atoms with Crippen LogP contribution in [-0.4, -0.2) is 24.6 Å². The summed E-state index contributed by atoms with van der Waals surface area (Å²) in [7, 11) is -3.79. The van der Waals surface area contributed by atoms with E-state index in [1.54, 1.807) is 24.3 Å². The molecule has 3 N–H and O–H groups in total. The van der Waals surface area contributed by atoms with Crippen LogP contribution < -0.4 is 15.4 Å². The number of amides is 2. The summed E-state index contributed by atoms with van der Waals surface area (Å²) in [5.74, 6) is 0. The molecule has 3 aromatic rings. The number of nitrogens with zero attached hydrogens (tertiary/aromatic N) is 2. The van der Waals surface area contributed by atoms with Crippen LogP contribution in [0.4, 0.5) is 21.3 Å². The van der Waals surface area contributed by atoms with Crippen LogP contribution in [0.3, 0.4) is 0 Å². The number of sulfonamides is 1. The van der Waals surface area contributed by atoms with Gasteiger partial charge in [0.2, 0.25) is 5.13 Å². The summed E-state index contributed by atoms with van der Waals surface area (Å²) in [5.41, 5.74) is 0.972. The number of hydrogen-bond donors (Lipinski definition) is 3. The maximum atomic E-state index is 12.4. The van der Waals surface area contributed by atoms with Crippen molar-refractivity contribution in [3.05, 3.63) is 58.6 Å². The average molecular weight is 438 g/mol. The number of carbonyl (C=O) groups excluding carboxylic acids is 1. The average Bonchev–Trinajstić information content (AvgIpc) is 3.09. The molecule has 0 atom stereocenters. The third-order valence-electron chi connectivity index (χ3n) is 3.50. The van der Waals surface area contributed by atoms with Gasteiger partial charge in [-0.25, -0.2) is 13.2 Å². The van der Waals surface area contributed by atoms with Gasteiger partial charge in [0.15, 0.2) is 0 Å². The highest BCUT2D eigenvalue weighted by molar-refractivity contribution is 7.93. The zero-order valence-electron chi connectivity index (χ0n) is 14.6. The third kappa shape index (κ3) is 5.18. The lowest BCUT2D eigenvalue weighted by atomic mass is 10.3. The Morgan fingerprint density at radius 1 is 1.07 bits per heavy atom. The van der Waals surface area contributed by atoms with Gasteiger partial charge in [0, 0.05) is 16.4 Å². The maximum absolute atomic E-state index is 12.4. The molecule has 1 aromatic heterocycles. The zero-order valence-corrected chi connectivity index (χ0v) is 17.0. The van der Waals surface area contributed by atoms with Crippen molar-refractivity contribution in [3.8, 4) is 0 Å².